The molecule has 4 nitrogen and oxygen atoms in total. The second kappa shape index (κ2) is 6.27. The lowest BCUT2D eigenvalue weighted by Gasteiger charge is -2.32. The second-order valence-electron chi connectivity index (χ2n) is 6.39. The highest BCUT2D eigenvalue weighted by Gasteiger charge is 2.27. The van der Waals surface area contributed by atoms with Crippen molar-refractivity contribution in [2.75, 3.05) is 13.1 Å². The van der Waals surface area contributed by atoms with Gasteiger partial charge in [0.2, 0.25) is 0 Å². The number of aromatic nitrogens is 2. The Bertz CT molecular complexity index is 884. The van der Waals surface area contributed by atoms with E-state index in [4.69, 9.17) is 0 Å². The number of imidazole rings is 1. The Morgan fingerprint density at radius 1 is 1.16 bits per heavy atom. The van der Waals surface area contributed by atoms with Gasteiger partial charge in [-0.05, 0) is 37.1 Å². The lowest BCUT2D eigenvalue weighted by atomic mass is 9.96. The van der Waals surface area contributed by atoms with E-state index in [-0.39, 0.29) is 17.4 Å². The number of piperidine rings is 1. The SMILES string of the molecule is O=C(c1cc(F)cc(F)c1)N1CCCC(c2nc3ccccc3[nH]2)C1. The van der Waals surface area contributed by atoms with Crippen molar-refractivity contribution in [3.05, 3.63) is 65.5 Å². The molecule has 1 fully saturated rings. The van der Waals surface area contributed by atoms with E-state index in [0.717, 1.165) is 47.9 Å². The molecule has 1 unspecified atom stereocenters. The number of aromatic amines is 1. The predicted octanol–water partition coefficient (Wildman–Crippen LogP) is 3.86. The van der Waals surface area contributed by atoms with Crippen molar-refractivity contribution < 1.29 is 13.6 Å². The summed E-state index contributed by atoms with van der Waals surface area (Å²) in [4.78, 5) is 22.2. The number of nitrogens with one attached hydrogen (secondary N) is 1. The Balaban J connectivity index is 1.57. The summed E-state index contributed by atoms with van der Waals surface area (Å²) >= 11 is 0. The summed E-state index contributed by atoms with van der Waals surface area (Å²) in [6, 6.07) is 10.7. The summed E-state index contributed by atoms with van der Waals surface area (Å²) in [5.74, 6) is -0.893. The summed E-state index contributed by atoms with van der Waals surface area (Å²) in [5, 5.41) is 0. The number of benzene rings is 2. The highest BCUT2D eigenvalue weighted by molar-refractivity contribution is 5.94. The number of nitrogens with zero attached hydrogens (tertiary/aromatic N) is 2. The van der Waals surface area contributed by atoms with E-state index in [2.05, 4.69) is 9.97 Å². The van der Waals surface area contributed by atoms with Crippen molar-refractivity contribution in [1.82, 2.24) is 14.9 Å². The average Bonchev–Trinajstić information content (AvgIpc) is 3.04. The van der Waals surface area contributed by atoms with Crippen LogP contribution in [0.2, 0.25) is 0 Å². The molecule has 4 rings (SSSR count). The van der Waals surface area contributed by atoms with Crippen molar-refractivity contribution in [3.63, 3.8) is 0 Å². The summed E-state index contributed by atoms with van der Waals surface area (Å²) in [7, 11) is 0. The minimum Gasteiger partial charge on any atom is -0.342 e. The highest BCUT2D eigenvalue weighted by Crippen LogP contribution is 2.27. The molecule has 128 valence electrons. The van der Waals surface area contributed by atoms with E-state index in [9.17, 15) is 13.6 Å². The van der Waals surface area contributed by atoms with Crippen LogP contribution in [0.3, 0.4) is 0 Å². The van der Waals surface area contributed by atoms with Gasteiger partial charge in [-0.2, -0.15) is 0 Å². The third-order valence-corrected chi connectivity index (χ3v) is 4.61. The van der Waals surface area contributed by atoms with Gasteiger partial charge in [-0.25, -0.2) is 13.8 Å². The van der Waals surface area contributed by atoms with Crippen LogP contribution in [0, 0.1) is 11.6 Å². The first kappa shape index (κ1) is 15.7. The van der Waals surface area contributed by atoms with E-state index >= 15 is 0 Å². The fraction of sp³-hybridized carbons (Fsp3) is 0.263. The molecular formula is C19H17F2N3O. The Morgan fingerprint density at radius 3 is 2.68 bits per heavy atom. The molecule has 1 amide bonds. The maximum absolute atomic E-state index is 13.4. The molecule has 1 N–H and O–H groups in total. The third kappa shape index (κ3) is 3.12. The average molecular weight is 341 g/mol. The van der Waals surface area contributed by atoms with E-state index in [1.54, 1.807) is 4.90 Å². The molecule has 6 heteroatoms. The molecule has 1 atom stereocenters. The van der Waals surface area contributed by atoms with Gasteiger partial charge in [-0.3, -0.25) is 4.79 Å². The molecule has 0 aliphatic carbocycles. The van der Waals surface area contributed by atoms with Crippen LogP contribution in [0.1, 0.15) is 34.9 Å². The van der Waals surface area contributed by atoms with Crippen molar-refractivity contribution in [3.8, 4) is 0 Å². The maximum atomic E-state index is 13.4. The molecule has 2 aromatic carbocycles. The van der Waals surface area contributed by atoms with E-state index in [1.807, 2.05) is 24.3 Å². The number of likely N-dealkylation sites (tertiary alicyclic amines) is 1. The number of carbonyl (C=O) groups is 1. The van der Waals surface area contributed by atoms with Crippen molar-refractivity contribution in [1.29, 1.82) is 0 Å². The molecular weight excluding hydrogens is 324 g/mol. The Labute approximate surface area is 143 Å². The number of hydrogen-bond donors (Lipinski definition) is 1. The summed E-state index contributed by atoms with van der Waals surface area (Å²) in [5.41, 5.74) is 1.91. The molecule has 2 heterocycles. The van der Waals surface area contributed by atoms with Crippen LogP contribution < -0.4 is 0 Å². The number of hydrogen-bond acceptors (Lipinski definition) is 2. The zero-order chi connectivity index (χ0) is 17.4. The van der Waals surface area contributed by atoms with Gasteiger partial charge in [-0.1, -0.05) is 12.1 Å². The zero-order valence-corrected chi connectivity index (χ0v) is 13.5. The first-order valence-corrected chi connectivity index (χ1v) is 8.30. The van der Waals surface area contributed by atoms with Crippen molar-refractivity contribution >= 4 is 16.9 Å². The third-order valence-electron chi connectivity index (χ3n) is 4.61. The molecule has 0 spiro atoms. The molecule has 0 bridgehead atoms. The minimum absolute atomic E-state index is 0.0442. The number of para-hydroxylation sites is 2. The molecule has 25 heavy (non-hydrogen) atoms. The Kier molecular flexibility index (Phi) is 3.95. The first-order valence-electron chi connectivity index (χ1n) is 8.30. The van der Waals surface area contributed by atoms with E-state index in [1.165, 1.54) is 0 Å². The van der Waals surface area contributed by atoms with Gasteiger partial charge in [0.15, 0.2) is 0 Å². The standard InChI is InChI=1S/C19H17F2N3O/c20-14-8-13(9-15(21)10-14)19(25)24-7-3-4-12(11-24)18-22-16-5-1-2-6-17(16)23-18/h1-2,5-6,8-10,12H,3-4,7,11H2,(H,22,23). The van der Waals surface area contributed by atoms with Gasteiger partial charge in [0.1, 0.15) is 17.5 Å². The van der Waals surface area contributed by atoms with Crippen LogP contribution in [0.15, 0.2) is 42.5 Å². The molecule has 1 aromatic heterocycles. The van der Waals surface area contributed by atoms with Crippen LogP contribution in [0.4, 0.5) is 8.78 Å². The van der Waals surface area contributed by atoms with Crippen LogP contribution in [0.5, 0.6) is 0 Å². The van der Waals surface area contributed by atoms with E-state index in [0.29, 0.717) is 13.1 Å². The molecule has 1 aliphatic rings. The van der Waals surface area contributed by atoms with Crippen molar-refractivity contribution in [2.45, 2.75) is 18.8 Å². The Morgan fingerprint density at radius 2 is 1.92 bits per heavy atom. The smallest absolute Gasteiger partial charge is 0.254 e. The number of H-pyrrole nitrogens is 1. The van der Waals surface area contributed by atoms with Gasteiger partial charge in [-0.15, -0.1) is 0 Å². The molecule has 3 aromatic rings. The van der Waals surface area contributed by atoms with E-state index < -0.39 is 11.6 Å². The number of fused-ring (bicyclic) bond motifs is 1. The first-order chi connectivity index (χ1) is 12.1. The fourth-order valence-corrected chi connectivity index (χ4v) is 3.41. The number of amides is 1. The largest absolute Gasteiger partial charge is 0.342 e. The van der Waals surface area contributed by atoms with Gasteiger partial charge >= 0.3 is 0 Å². The molecule has 0 saturated carbocycles. The molecule has 1 saturated heterocycles. The number of rotatable bonds is 2. The van der Waals surface area contributed by atoms with Crippen LogP contribution in [-0.4, -0.2) is 33.9 Å². The van der Waals surface area contributed by atoms with Crippen LogP contribution in [-0.2, 0) is 0 Å². The topological polar surface area (TPSA) is 49.0 Å². The van der Waals surface area contributed by atoms with Gasteiger partial charge in [0, 0.05) is 30.6 Å². The summed E-state index contributed by atoms with van der Waals surface area (Å²) in [6.07, 6.45) is 1.74. The van der Waals surface area contributed by atoms with Crippen molar-refractivity contribution in [2.24, 2.45) is 0 Å². The Hall–Kier alpha value is -2.76. The number of carbonyl (C=O) groups excluding carboxylic acids is 1. The van der Waals surface area contributed by atoms with Crippen LogP contribution >= 0.6 is 0 Å². The lowest BCUT2D eigenvalue weighted by Crippen LogP contribution is -2.39. The van der Waals surface area contributed by atoms with Gasteiger partial charge in [0.25, 0.3) is 5.91 Å². The predicted molar refractivity (Wildman–Crippen MR) is 90.3 cm³/mol. The summed E-state index contributed by atoms with van der Waals surface area (Å²) < 4.78 is 26.8. The van der Waals surface area contributed by atoms with Gasteiger partial charge in [0.05, 0.1) is 11.0 Å². The quantitative estimate of drug-likeness (QED) is 0.769. The monoisotopic (exact) mass is 341 g/mol. The minimum atomic E-state index is -0.741. The second-order valence-corrected chi connectivity index (χ2v) is 6.39. The van der Waals surface area contributed by atoms with Crippen LogP contribution in [0.25, 0.3) is 11.0 Å². The maximum Gasteiger partial charge on any atom is 0.254 e. The normalized spacial score (nSPS) is 17.8. The van der Waals surface area contributed by atoms with Gasteiger partial charge < -0.3 is 9.88 Å². The molecule has 1 aliphatic heterocycles. The summed E-state index contributed by atoms with van der Waals surface area (Å²) in [6.45, 7) is 1.06. The molecule has 0 radical (unpaired) electrons. The fourth-order valence-electron chi connectivity index (χ4n) is 3.41. The highest BCUT2D eigenvalue weighted by atomic mass is 19.1. The lowest BCUT2D eigenvalue weighted by molar-refractivity contribution is 0.0704. The number of halogens is 2. The zero-order valence-electron chi connectivity index (χ0n) is 13.5.